The first-order valence-electron chi connectivity index (χ1n) is 8.49. The van der Waals surface area contributed by atoms with Crippen LogP contribution in [0.25, 0.3) is 0 Å². The number of amides is 3. The molecule has 1 atom stereocenters. The van der Waals surface area contributed by atoms with E-state index in [2.05, 4.69) is 10.5 Å². The van der Waals surface area contributed by atoms with Crippen LogP contribution in [0.2, 0.25) is 0 Å². The first-order valence-corrected chi connectivity index (χ1v) is 8.49. The lowest BCUT2D eigenvalue weighted by molar-refractivity contribution is -0.140. The molecule has 2 saturated heterocycles. The van der Waals surface area contributed by atoms with Crippen molar-refractivity contribution >= 4 is 11.9 Å². The highest BCUT2D eigenvalue weighted by Gasteiger charge is 2.30. The summed E-state index contributed by atoms with van der Waals surface area (Å²) in [5.41, 5.74) is 0.700. The van der Waals surface area contributed by atoms with E-state index in [1.165, 1.54) is 0 Å². The Bertz CT molecular complexity index is 582. The number of ether oxygens (including phenoxy) is 1. The molecule has 1 N–H and O–H groups in total. The Balaban J connectivity index is 1.47. The summed E-state index contributed by atoms with van der Waals surface area (Å²) in [5, 5.41) is 6.70. The lowest BCUT2D eigenvalue weighted by atomic mass is 10.2. The molecule has 3 amide bonds. The standard InChI is InChI=1S/C16H24N4O4/c1-12-10-13(18-24-12)11-17-16(22)20-6-3-5-19(7-8-20)15(21)14-4-2-9-23-14/h10,14H,2-9,11H2,1H3,(H,17,22). The van der Waals surface area contributed by atoms with Crippen molar-refractivity contribution in [1.29, 1.82) is 0 Å². The number of aryl methyl sites for hydroxylation is 1. The third kappa shape index (κ3) is 4.05. The number of nitrogens with one attached hydrogen (secondary N) is 1. The summed E-state index contributed by atoms with van der Waals surface area (Å²) in [6, 6.07) is 1.66. The van der Waals surface area contributed by atoms with E-state index in [4.69, 9.17) is 9.26 Å². The first-order chi connectivity index (χ1) is 11.6. The van der Waals surface area contributed by atoms with Gasteiger partial charge < -0.3 is 24.4 Å². The van der Waals surface area contributed by atoms with Crippen molar-refractivity contribution in [2.24, 2.45) is 0 Å². The fourth-order valence-electron chi connectivity index (χ4n) is 3.10. The predicted molar refractivity (Wildman–Crippen MR) is 85.2 cm³/mol. The Morgan fingerprint density at radius 2 is 2.04 bits per heavy atom. The van der Waals surface area contributed by atoms with Gasteiger partial charge in [-0.1, -0.05) is 5.16 Å². The van der Waals surface area contributed by atoms with Gasteiger partial charge >= 0.3 is 6.03 Å². The Hall–Kier alpha value is -2.09. The molecule has 0 aromatic carbocycles. The number of aromatic nitrogens is 1. The molecule has 24 heavy (non-hydrogen) atoms. The molecule has 0 spiro atoms. The second kappa shape index (κ2) is 7.65. The molecule has 0 aliphatic carbocycles. The smallest absolute Gasteiger partial charge is 0.317 e. The summed E-state index contributed by atoms with van der Waals surface area (Å²) >= 11 is 0. The van der Waals surface area contributed by atoms with Gasteiger partial charge in [-0.05, 0) is 26.2 Å². The maximum atomic E-state index is 12.4. The largest absolute Gasteiger partial charge is 0.368 e. The molecule has 1 unspecified atom stereocenters. The van der Waals surface area contributed by atoms with Gasteiger partial charge in [-0.3, -0.25) is 4.79 Å². The summed E-state index contributed by atoms with van der Waals surface area (Å²) in [5.74, 6) is 0.783. The van der Waals surface area contributed by atoms with Crippen molar-refractivity contribution in [1.82, 2.24) is 20.3 Å². The van der Waals surface area contributed by atoms with Gasteiger partial charge in [-0.25, -0.2) is 4.79 Å². The molecule has 1 aromatic rings. The van der Waals surface area contributed by atoms with Crippen LogP contribution in [0, 0.1) is 6.92 Å². The number of hydrogen-bond donors (Lipinski definition) is 1. The minimum absolute atomic E-state index is 0.0628. The molecule has 1 aromatic heterocycles. The van der Waals surface area contributed by atoms with E-state index in [0.29, 0.717) is 45.0 Å². The maximum absolute atomic E-state index is 12.4. The van der Waals surface area contributed by atoms with Crippen molar-refractivity contribution in [2.75, 3.05) is 32.8 Å². The molecule has 0 bridgehead atoms. The van der Waals surface area contributed by atoms with Gasteiger partial charge in [0.2, 0.25) is 0 Å². The van der Waals surface area contributed by atoms with Crippen LogP contribution in [0.15, 0.2) is 10.6 Å². The molecular weight excluding hydrogens is 312 g/mol. The Morgan fingerprint density at radius 3 is 2.75 bits per heavy atom. The number of urea groups is 1. The van der Waals surface area contributed by atoms with E-state index in [1.54, 1.807) is 11.0 Å². The third-order valence-electron chi connectivity index (χ3n) is 4.40. The van der Waals surface area contributed by atoms with Gasteiger partial charge in [-0.2, -0.15) is 0 Å². The molecule has 0 radical (unpaired) electrons. The van der Waals surface area contributed by atoms with E-state index in [9.17, 15) is 9.59 Å². The lowest BCUT2D eigenvalue weighted by Crippen LogP contribution is -2.44. The topological polar surface area (TPSA) is 87.9 Å². The summed E-state index contributed by atoms with van der Waals surface area (Å²) in [4.78, 5) is 28.3. The van der Waals surface area contributed by atoms with E-state index in [-0.39, 0.29) is 18.0 Å². The lowest BCUT2D eigenvalue weighted by Gasteiger charge is -2.24. The zero-order chi connectivity index (χ0) is 16.9. The average Bonchev–Trinajstić information content (AvgIpc) is 3.18. The number of rotatable bonds is 3. The molecular formula is C16H24N4O4. The van der Waals surface area contributed by atoms with E-state index in [0.717, 1.165) is 25.0 Å². The van der Waals surface area contributed by atoms with Crippen LogP contribution in [0.1, 0.15) is 30.7 Å². The van der Waals surface area contributed by atoms with Gasteiger partial charge in [0.25, 0.3) is 5.91 Å². The van der Waals surface area contributed by atoms with E-state index >= 15 is 0 Å². The fourth-order valence-corrected chi connectivity index (χ4v) is 3.10. The average molecular weight is 336 g/mol. The molecule has 3 rings (SSSR count). The first kappa shape index (κ1) is 16.8. The van der Waals surface area contributed by atoms with Crippen LogP contribution >= 0.6 is 0 Å². The Morgan fingerprint density at radius 1 is 1.25 bits per heavy atom. The molecule has 0 saturated carbocycles. The van der Waals surface area contributed by atoms with Crippen molar-refractivity contribution < 1.29 is 18.8 Å². The van der Waals surface area contributed by atoms with E-state index < -0.39 is 0 Å². The number of carbonyl (C=O) groups is 2. The van der Waals surface area contributed by atoms with Crippen molar-refractivity contribution in [3.63, 3.8) is 0 Å². The monoisotopic (exact) mass is 336 g/mol. The predicted octanol–water partition coefficient (Wildman–Crippen LogP) is 0.906. The number of carbonyl (C=O) groups excluding carboxylic acids is 2. The second-order valence-electron chi connectivity index (χ2n) is 6.26. The van der Waals surface area contributed by atoms with Crippen LogP contribution in [-0.2, 0) is 16.1 Å². The van der Waals surface area contributed by atoms with Gasteiger partial charge in [0.05, 0.1) is 6.54 Å². The molecule has 2 fully saturated rings. The summed E-state index contributed by atoms with van der Waals surface area (Å²) < 4.78 is 10.5. The second-order valence-corrected chi connectivity index (χ2v) is 6.26. The van der Waals surface area contributed by atoms with Crippen molar-refractivity contribution in [3.8, 4) is 0 Å². The molecule has 2 aliphatic rings. The highest BCUT2D eigenvalue weighted by Crippen LogP contribution is 2.16. The molecule has 2 aliphatic heterocycles. The Labute approximate surface area is 141 Å². The molecule has 132 valence electrons. The van der Waals surface area contributed by atoms with Crippen LogP contribution in [0.3, 0.4) is 0 Å². The van der Waals surface area contributed by atoms with Crippen LogP contribution in [-0.4, -0.2) is 65.8 Å². The summed E-state index contributed by atoms with van der Waals surface area (Å²) in [6.45, 7) is 5.21. The van der Waals surface area contributed by atoms with Crippen LogP contribution < -0.4 is 5.32 Å². The minimum Gasteiger partial charge on any atom is -0.368 e. The van der Waals surface area contributed by atoms with Crippen molar-refractivity contribution in [3.05, 3.63) is 17.5 Å². The minimum atomic E-state index is -0.291. The number of hydrogen-bond acceptors (Lipinski definition) is 5. The quantitative estimate of drug-likeness (QED) is 0.886. The third-order valence-corrected chi connectivity index (χ3v) is 4.40. The van der Waals surface area contributed by atoms with Crippen LogP contribution in [0.5, 0.6) is 0 Å². The van der Waals surface area contributed by atoms with Crippen molar-refractivity contribution in [2.45, 2.75) is 38.8 Å². The zero-order valence-electron chi connectivity index (χ0n) is 14.0. The van der Waals surface area contributed by atoms with Gasteiger partial charge in [0, 0.05) is 38.9 Å². The normalized spacial score (nSPS) is 21.6. The fraction of sp³-hybridized carbons (Fsp3) is 0.688. The van der Waals surface area contributed by atoms with E-state index in [1.807, 2.05) is 11.8 Å². The number of nitrogens with zero attached hydrogens (tertiary/aromatic N) is 3. The van der Waals surface area contributed by atoms with Gasteiger partial charge in [0.1, 0.15) is 17.6 Å². The van der Waals surface area contributed by atoms with Crippen LogP contribution in [0.4, 0.5) is 4.79 Å². The van der Waals surface area contributed by atoms with Gasteiger partial charge in [0.15, 0.2) is 0 Å². The summed E-state index contributed by atoms with van der Waals surface area (Å²) in [7, 11) is 0. The van der Waals surface area contributed by atoms with Gasteiger partial charge in [-0.15, -0.1) is 0 Å². The Kier molecular flexibility index (Phi) is 5.34. The highest BCUT2D eigenvalue weighted by molar-refractivity contribution is 5.81. The zero-order valence-corrected chi connectivity index (χ0v) is 14.0. The molecule has 3 heterocycles. The maximum Gasteiger partial charge on any atom is 0.317 e. The highest BCUT2D eigenvalue weighted by atomic mass is 16.5. The summed E-state index contributed by atoms with van der Waals surface area (Å²) in [6.07, 6.45) is 2.23. The molecule has 8 nitrogen and oxygen atoms in total. The molecule has 8 heteroatoms. The SMILES string of the molecule is Cc1cc(CNC(=O)N2CCCN(C(=O)C3CCCO3)CC2)no1.